The first-order valence-electron chi connectivity index (χ1n) is 4.85. The van der Waals surface area contributed by atoms with Gasteiger partial charge in [-0.2, -0.15) is 0 Å². The third kappa shape index (κ3) is 2.28. The van der Waals surface area contributed by atoms with E-state index < -0.39 is 0 Å². The second kappa shape index (κ2) is 4.90. The molecule has 1 heterocycles. The molecule has 0 amide bonds. The fraction of sp³-hybridized carbons (Fsp3) is 0.167. The molecule has 0 fully saturated rings. The van der Waals surface area contributed by atoms with Gasteiger partial charge in [-0.15, -0.1) is 11.3 Å². The molecule has 0 bridgehead atoms. The van der Waals surface area contributed by atoms with Crippen molar-refractivity contribution in [1.29, 1.82) is 0 Å². The normalized spacial score (nSPS) is 10.1. The number of ether oxygens (including phenoxy) is 1. The van der Waals surface area contributed by atoms with Crippen molar-refractivity contribution in [3.05, 3.63) is 46.4 Å². The van der Waals surface area contributed by atoms with Crippen LogP contribution in [0, 0.1) is 0 Å². The van der Waals surface area contributed by atoms with Crippen LogP contribution in [0.3, 0.4) is 0 Å². The third-order valence-corrected chi connectivity index (χ3v) is 3.01. The summed E-state index contributed by atoms with van der Waals surface area (Å²) in [6.45, 7) is 0. The molecule has 0 aliphatic carbocycles. The number of carbonyl (C=O) groups is 1. The van der Waals surface area contributed by atoms with Gasteiger partial charge in [0.05, 0.1) is 18.2 Å². The van der Waals surface area contributed by atoms with Crippen LogP contribution in [-0.2, 0) is 6.42 Å². The molecular weight excluding hydrogens is 222 g/mol. The highest BCUT2D eigenvalue weighted by molar-refractivity contribution is 7.09. The van der Waals surface area contributed by atoms with Crippen molar-refractivity contribution < 1.29 is 9.53 Å². The highest BCUT2D eigenvalue weighted by Gasteiger charge is 2.12. The summed E-state index contributed by atoms with van der Waals surface area (Å²) in [7, 11) is 1.57. The Balaban J connectivity index is 2.21. The maximum Gasteiger partial charge on any atom is 0.171 e. The minimum absolute atomic E-state index is 0.0571. The van der Waals surface area contributed by atoms with E-state index in [9.17, 15) is 4.79 Å². The van der Waals surface area contributed by atoms with Gasteiger partial charge in [-0.25, -0.2) is 0 Å². The van der Waals surface area contributed by atoms with Gasteiger partial charge in [0, 0.05) is 17.5 Å². The van der Waals surface area contributed by atoms with Crippen LogP contribution in [0.2, 0.25) is 0 Å². The Hall–Kier alpha value is -1.68. The maximum absolute atomic E-state index is 12.0. The van der Waals surface area contributed by atoms with E-state index in [4.69, 9.17) is 4.74 Å². The van der Waals surface area contributed by atoms with E-state index in [0.717, 1.165) is 4.88 Å². The van der Waals surface area contributed by atoms with Gasteiger partial charge in [-0.3, -0.25) is 9.78 Å². The predicted molar refractivity (Wildman–Crippen MR) is 63.1 cm³/mol. The summed E-state index contributed by atoms with van der Waals surface area (Å²) in [5.41, 5.74) is 2.35. The zero-order valence-corrected chi connectivity index (χ0v) is 9.66. The molecule has 0 aliphatic rings. The average molecular weight is 233 g/mol. The van der Waals surface area contributed by atoms with E-state index in [1.165, 1.54) is 11.3 Å². The Morgan fingerprint density at radius 1 is 1.44 bits per heavy atom. The molecule has 0 atom stereocenters. The lowest BCUT2D eigenvalue weighted by molar-refractivity contribution is 0.0991. The lowest BCUT2D eigenvalue weighted by Gasteiger charge is -2.05. The van der Waals surface area contributed by atoms with Crippen LogP contribution < -0.4 is 4.74 Å². The molecule has 0 radical (unpaired) electrons. The SMILES string of the molecule is COc1ccccc1C(=O)Cc1cncs1. The van der Waals surface area contributed by atoms with Crippen LogP contribution in [0.5, 0.6) is 5.75 Å². The summed E-state index contributed by atoms with van der Waals surface area (Å²) in [5.74, 6) is 0.679. The van der Waals surface area contributed by atoms with Gasteiger partial charge in [-0.1, -0.05) is 12.1 Å². The third-order valence-electron chi connectivity index (χ3n) is 2.23. The summed E-state index contributed by atoms with van der Waals surface area (Å²) in [6, 6.07) is 7.26. The van der Waals surface area contributed by atoms with E-state index in [1.54, 1.807) is 30.9 Å². The number of ketones is 1. The number of hydrogen-bond donors (Lipinski definition) is 0. The van der Waals surface area contributed by atoms with Crippen LogP contribution in [-0.4, -0.2) is 17.9 Å². The van der Waals surface area contributed by atoms with Gasteiger partial charge in [-0.05, 0) is 12.1 Å². The maximum atomic E-state index is 12.0. The number of carbonyl (C=O) groups excluding carboxylic acids is 1. The van der Waals surface area contributed by atoms with Crippen LogP contribution in [0.15, 0.2) is 36.0 Å². The largest absolute Gasteiger partial charge is 0.496 e. The van der Waals surface area contributed by atoms with E-state index >= 15 is 0 Å². The summed E-state index contributed by atoms with van der Waals surface area (Å²) in [5, 5.41) is 0. The number of aromatic nitrogens is 1. The monoisotopic (exact) mass is 233 g/mol. The zero-order chi connectivity index (χ0) is 11.4. The summed E-state index contributed by atoms with van der Waals surface area (Å²) in [4.78, 5) is 16.9. The smallest absolute Gasteiger partial charge is 0.171 e. The Morgan fingerprint density at radius 2 is 2.25 bits per heavy atom. The van der Waals surface area contributed by atoms with Crippen molar-refractivity contribution in [2.45, 2.75) is 6.42 Å². The fourth-order valence-electron chi connectivity index (χ4n) is 1.46. The predicted octanol–water partition coefficient (Wildman–Crippen LogP) is 2.58. The van der Waals surface area contributed by atoms with Crippen molar-refractivity contribution in [2.75, 3.05) is 7.11 Å². The van der Waals surface area contributed by atoms with E-state index in [2.05, 4.69) is 4.98 Å². The van der Waals surface area contributed by atoms with Crippen molar-refractivity contribution in [3.63, 3.8) is 0 Å². The number of benzene rings is 1. The molecule has 1 aromatic carbocycles. The molecule has 4 heteroatoms. The van der Waals surface area contributed by atoms with Gasteiger partial charge < -0.3 is 4.74 Å². The lowest BCUT2D eigenvalue weighted by atomic mass is 10.1. The lowest BCUT2D eigenvalue weighted by Crippen LogP contribution is -2.04. The van der Waals surface area contributed by atoms with Gasteiger partial charge in [0.15, 0.2) is 5.78 Å². The Bertz CT molecular complexity index is 480. The quantitative estimate of drug-likeness (QED) is 0.762. The number of nitrogens with zero attached hydrogens (tertiary/aromatic N) is 1. The molecule has 0 unspecified atom stereocenters. The second-order valence-electron chi connectivity index (χ2n) is 3.27. The number of thiazole rings is 1. The Labute approximate surface area is 97.7 Å². The Kier molecular flexibility index (Phi) is 3.31. The van der Waals surface area contributed by atoms with Gasteiger partial charge in [0.25, 0.3) is 0 Å². The van der Waals surface area contributed by atoms with Gasteiger partial charge >= 0.3 is 0 Å². The van der Waals surface area contributed by atoms with Gasteiger partial charge in [0.1, 0.15) is 5.75 Å². The van der Waals surface area contributed by atoms with Crippen molar-refractivity contribution in [2.24, 2.45) is 0 Å². The first kappa shape index (κ1) is 10.8. The average Bonchev–Trinajstić information content (AvgIpc) is 2.81. The minimum Gasteiger partial charge on any atom is -0.496 e. The molecule has 0 saturated heterocycles. The molecular formula is C12H11NO2S. The number of rotatable bonds is 4. The summed E-state index contributed by atoms with van der Waals surface area (Å²) in [6.07, 6.45) is 2.10. The molecule has 16 heavy (non-hydrogen) atoms. The number of Topliss-reactive ketones (excluding diaryl/α,β-unsaturated/α-hetero) is 1. The molecule has 0 aliphatic heterocycles. The summed E-state index contributed by atoms with van der Waals surface area (Å²) >= 11 is 1.49. The highest BCUT2D eigenvalue weighted by atomic mass is 32.1. The van der Waals surface area contributed by atoms with Crippen LogP contribution >= 0.6 is 11.3 Å². The van der Waals surface area contributed by atoms with Crippen LogP contribution in [0.1, 0.15) is 15.2 Å². The fourth-order valence-corrected chi connectivity index (χ4v) is 2.05. The van der Waals surface area contributed by atoms with E-state index in [0.29, 0.717) is 17.7 Å². The van der Waals surface area contributed by atoms with Crippen LogP contribution in [0.4, 0.5) is 0 Å². The summed E-state index contributed by atoms with van der Waals surface area (Å²) < 4.78 is 5.15. The molecule has 3 nitrogen and oxygen atoms in total. The van der Waals surface area contributed by atoms with E-state index in [1.807, 2.05) is 12.1 Å². The standard InChI is InChI=1S/C12H11NO2S/c1-15-12-5-3-2-4-10(12)11(14)6-9-7-13-8-16-9/h2-5,7-8H,6H2,1H3. The van der Waals surface area contributed by atoms with Gasteiger partial charge in [0.2, 0.25) is 0 Å². The number of para-hydroxylation sites is 1. The number of methoxy groups -OCH3 is 1. The Morgan fingerprint density at radius 3 is 2.94 bits per heavy atom. The molecule has 82 valence electrons. The van der Waals surface area contributed by atoms with Crippen LogP contribution in [0.25, 0.3) is 0 Å². The molecule has 0 spiro atoms. The molecule has 0 saturated carbocycles. The zero-order valence-electron chi connectivity index (χ0n) is 8.84. The van der Waals surface area contributed by atoms with Crippen molar-refractivity contribution in [1.82, 2.24) is 4.98 Å². The first-order chi connectivity index (χ1) is 7.81. The molecule has 2 aromatic rings. The van der Waals surface area contributed by atoms with E-state index in [-0.39, 0.29) is 5.78 Å². The number of hydrogen-bond acceptors (Lipinski definition) is 4. The topological polar surface area (TPSA) is 39.2 Å². The molecule has 1 aromatic heterocycles. The molecule has 2 rings (SSSR count). The first-order valence-corrected chi connectivity index (χ1v) is 5.73. The highest BCUT2D eigenvalue weighted by Crippen LogP contribution is 2.20. The second-order valence-corrected chi connectivity index (χ2v) is 4.24. The van der Waals surface area contributed by atoms with Crippen molar-refractivity contribution >= 4 is 17.1 Å². The van der Waals surface area contributed by atoms with Crippen molar-refractivity contribution in [3.8, 4) is 5.75 Å². The minimum atomic E-state index is 0.0571. The molecule has 0 N–H and O–H groups in total.